The van der Waals surface area contributed by atoms with Crippen LogP contribution in [0.15, 0.2) is 12.1 Å². The van der Waals surface area contributed by atoms with Crippen LogP contribution in [-0.4, -0.2) is 17.0 Å². The molecule has 1 saturated carbocycles. The molecule has 0 aliphatic heterocycles. The van der Waals surface area contributed by atoms with Crippen molar-refractivity contribution in [3.63, 3.8) is 0 Å². The molecule has 0 bridgehead atoms. The third-order valence-corrected chi connectivity index (χ3v) is 3.57. The van der Waals surface area contributed by atoms with Crippen LogP contribution in [0.5, 0.6) is 0 Å². The highest BCUT2D eigenvalue weighted by Gasteiger charge is 2.23. The summed E-state index contributed by atoms with van der Waals surface area (Å²) in [5, 5.41) is 14.3. The van der Waals surface area contributed by atoms with Crippen LogP contribution in [-0.2, 0) is 0 Å². The van der Waals surface area contributed by atoms with E-state index in [1.54, 1.807) is 13.0 Å². The van der Waals surface area contributed by atoms with Gasteiger partial charge in [-0.3, -0.25) is 10.1 Å². The van der Waals surface area contributed by atoms with Crippen molar-refractivity contribution in [3.05, 3.63) is 33.4 Å². The third-order valence-electron chi connectivity index (χ3n) is 3.57. The predicted octanol–water partition coefficient (Wildman–Crippen LogP) is 2.50. The molecule has 1 aromatic rings. The molecule has 0 heterocycles. The fourth-order valence-electron chi connectivity index (χ4n) is 2.56. The van der Waals surface area contributed by atoms with Gasteiger partial charge < -0.3 is 11.1 Å². The summed E-state index contributed by atoms with van der Waals surface area (Å²) >= 11 is 0. The van der Waals surface area contributed by atoms with E-state index in [0.717, 1.165) is 30.5 Å². The van der Waals surface area contributed by atoms with Crippen LogP contribution < -0.4 is 11.1 Å². The lowest BCUT2D eigenvalue weighted by Gasteiger charge is -2.16. The molecule has 1 aliphatic rings. The molecule has 2 unspecified atom stereocenters. The van der Waals surface area contributed by atoms with Gasteiger partial charge in [-0.15, -0.1) is 0 Å². The summed E-state index contributed by atoms with van der Waals surface area (Å²) in [5.74, 6) is 0. The maximum atomic E-state index is 10.9. The van der Waals surface area contributed by atoms with Crippen LogP contribution >= 0.6 is 0 Å². The van der Waals surface area contributed by atoms with Crippen molar-refractivity contribution in [2.75, 3.05) is 5.32 Å². The van der Waals surface area contributed by atoms with E-state index in [9.17, 15) is 10.1 Å². The molecule has 2 atom stereocenters. The number of rotatable bonds is 3. The highest BCUT2D eigenvalue weighted by molar-refractivity contribution is 5.60. The zero-order valence-electron chi connectivity index (χ0n) is 10.8. The first kappa shape index (κ1) is 12.8. The Labute approximate surface area is 107 Å². The first-order valence-corrected chi connectivity index (χ1v) is 6.25. The molecule has 0 aromatic heterocycles. The number of nitrogens with two attached hydrogens (primary N) is 1. The van der Waals surface area contributed by atoms with Crippen LogP contribution in [0.25, 0.3) is 0 Å². The molecule has 2 rings (SSSR count). The standard InChI is InChI=1S/C13H19N3O2/c1-8-5-9(2)13(16(17)18)7-12(8)15-11-4-3-10(14)6-11/h5,7,10-11,15H,3-4,6,14H2,1-2H3. The third kappa shape index (κ3) is 2.61. The van der Waals surface area contributed by atoms with E-state index < -0.39 is 0 Å². The van der Waals surface area contributed by atoms with E-state index in [4.69, 9.17) is 5.73 Å². The van der Waals surface area contributed by atoms with Crippen LogP contribution in [0.4, 0.5) is 11.4 Å². The van der Waals surface area contributed by atoms with Crippen molar-refractivity contribution >= 4 is 11.4 Å². The summed E-state index contributed by atoms with van der Waals surface area (Å²) < 4.78 is 0. The van der Waals surface area contributed by atoms with Gasteiger partial charge in [0.2, 0.25) is 0 Å². The molecule has 0 saturated heterocycles. The summed E-state index contributed by atoms with van der Waals surface area (Å²) in [5.41, 5.74) is 8.64. The molecule has 98 valence electrons. The number of anilines is 1. The predicted molar refractivity (Wildman–Crippen MR) is 71.8 cm³/mol. The Kier molecular flexibility index (Phi) is 3.52. The fourth-order valence-corrected chi connectivity index (χ4v) is 2.56. The molecule has 1 fully saturated rings. The van der Waals surface area contributed by atoms with E-state index in [-0.39, 0.29) is 16.7 Å². The first-order chi connectivity index (χ1) is 8.47. The summed E-state index contributed by atoms with van der Waals surface area (Å²) in [7, 11) is 0. The Balaban J connectivity index is 2.22. The molecule has 5 nitrogen and oxygen atoms in total. The van der Waals surface area contributed by atoms with Gasteiger partial charge in [0, 0.05) is 29.4 Å². The van der Waals surface area contributed by atoms with Crippen molar-refractivity contribution in [2.24, 2.45) is 5.73 Å². The minimum atomic E-state index is -0.333. The SMILES string of the molecule is Cc1cc(C)c([N+](=O)[O-])cc1NC1CCC(N)C1. The zero-order valence-corrected chi connectivity index (χ0v) is 10.8. The smallest absolute Gasteiger partial charge is 0.274 e. The average Bonchev–Trinajstić information content (AvgIpc) is 2.67. The molecule has 0 radical (unpaired) electrons. The maximum absolute atomic E-state index is 10.9. The number of aryl methyl sites for hydroxylation is 2. The van der Waals surface area contributed by atoms with Gasteiger partial charge >= 0.3 is 0 Å². The lowest BCUT2D eigenvalue weighted by atomic mass is 10.1. The molecule has 0 spiro atoms. The zero-order chi connectivity index (χ0) is 13.3. The van der Waals surface area contributed by atoms with Gasteiger partial charge in [0.05, 0.1) is 4.92 Å². The Morgan fingerprint density at radius 1 is 1.33 bits per heavy atom. The van der Waals surface area contributed by atoms with E-state index in [1.165, 1.54) is 0 Å². The highest BCUT2D eigenvalue weighted by Crippen LogP contribution is 2.29. The molecule has 0 amide bonds. The van der Waals surface area contributed by atoms with Gasteiger partial charge in [0.15, 0.2) is 0 Å². The van der Waals surface area contributed by atoms with E-state index >= 15 is 0 Å². The molecule has 5 heteroatoms. The van der Waals surface area contributed by atoms with Gasteiger partial charge in [-0.05, 0) is 44.7 Å². The summed E-state index contributed by atoms with van der Waals surface area (Å²) in [4.78, 5) is 10.6. The maximum Gasteiger partial charge on any atom is 0.274 e. The number of hydrogen-bond acceptors (Lipinski definition) is 4. The minimum absolute atomic E-state index is 0.172. The van der Waals surface area contributed by atoms with Gasteiger partial charge in [-0.25, -0.2) is 0 Å². The Morgan fingerprint density at radius 3 is 2.61 bits per heavy atom. The summed E-state index contributed by atoms with van der Waals surface area (Å²) in [6.07, 6.45) is 2.98. The van der Waals surface area contributed by atoms with Crippen molar-refractivity contribution < 1.29 is 4.92 Å². The van der Waals surface area contributed by atoms with Crippen LogP contribution in [0.2, 0.25) is 0 Å². The first-order valence-electron chi connectivity index (χ1n) is 6.25. The molecule has 3 N–H and O–H groups in total. The number of nitrogens with one attached hydrogen (secondary N) is 1. The molecule has 1 aromatic carbocycles. The topological polar surface area (TPSA) is 81.2 Å². The Bertz CT molecular complexity index is 474. The van der Waals surface area contributed by atoms with Gasteiger partial charge in [-0.1, -0.05) is 0 Å². The number of nitro groups is 1. The van der Waals surface area contributed by atoms with Crippen molar-refractivity contribution in [1.82, 2.24) is 0 Å². The number of nitro benzene ring substituents is 1. The number of nitrogens with zero attached hydrogens (tertiary/aromatic N) is 1. The monoisotopic (exact) mass is 249 g/mol. The van der Waals surface area contributed by atoms with Gasteiger partial charge in [0.1, 0.15) is 0 Å². The summed E-state index contributed by atoms with van der Waals surface area (Å²) in [6, 6.07) is 4.08. The lowest BCUT2D eigenvalue weighted by Crippen LogP contribution is -2.21. The average molecular weight is 249 g/mol. The lowest BCUT2D eigenvalue weighted by molar-refractivity contribution is -0.385. The minimum Gasteiger partial charge on any atom is -0.382 e. The van der Waals surface area contributed by atoms with Crippen molar-refractivity contribution in [2.45, 2.75) is 45.2 Å². The highest BCUT2D eigenvalue weighted by atomic mass is 16.6. The van der Waals surface area contributed by atoms with Crippen LogP contribution in [0, 0.1) is 24.0 Å². The second kappa shape index (κ2) is 4.94. The van der Waals surface area contributed by atoms with Gasteiger partial charge in [-0.2, -0.15) is 0 Å². The van der Waals surface area contributed by atoms with Crippen LogP contribution in [0.1, 0.15) is 30.4 Å². The van der Waals surface area contributed by atoms with Crippen molar-refractivity contribution in [1.29, 1.82) is 0 Å². The largest absolute Gasteiger partial charge is 0.382 e. The van der Waals surface area contributed by atoms with E-state index in [2.05, 4.69) is 5.32 Å². The fraction of sp³-hybridized carbons (Fsp3) is 0.538. The molecular formula is C13H19N3O2. The van der Waals surface area contributed by atoms with Crippen LogP contribution in [0.3, 0.4) is 0 Å². The second-order valence-electron chi connectivity index (χ2n) is 5.13. The molecule has 18 heavy (non-hydrogen) atoms. The van der Waals surface area contributed by atoms with E-state index in [1.807, 2.05) is 13.0 Å². The number of benzene rings is 1. The Morgan fingerprint density at radius 2 is 2.06 bits per heavy atom. The summed E-state index contributed by atoms with van der Waals surface area (Å²) in [6.45, 7) is 3.73. The van der Waals surface area contributed by atoms with E-state index in [0.29, 0.717) is 11.6 Å². The molecule has 1 aliphatic carbocycles. The second-order valence-corrected chi connectivity index (χ2v) is 5.13. The van der Waals surface area contributed by atoms with Gasteiger partial charge in [0.25, 0.3) is 5.69 Å². The normalized spacial score (nSPS) is 23.1. The Hall–Kier alpha value is -1.62. The number of hydrogen-bond donors (Lipinski definition) is 2. The quantitative estimate of drug-likeness (QED) is 0.637. The molecular weight excluding hydrogens is 230 g/mol. The van der Waals surface area contributed by atoms with Crippen molar-refractivity contribution in [3.8, 4) is 0 Å².